The number of aryl methyl sites for hydroxylation is 1. The van der Waals surface area contributed by atoms with Gasteiger partial charge in [0.05, 0.1) is 23.7 Å². The maximum atomic E-state index is 13.3. The molecule has 1 aliphatic heterocycles. The van der Waals surface area contributed by atoms with Crippen LogP contribution in [-0.2, 0) is 6.54 Å². The van der Waals surface area contributed by atoms with Crippen LogP contribution < -0.4 is 10.9 Å². The molecule has 1 saturated heterocycles. The van der Waals surface area contributed by atoms with E-state index in [2.05, 4.69) is 56.6 Å². The highest BCUT2D eigenvalue weighted by atomic mass is 32.1. The summed E-state index contributed by atoms with van der Waals surface area (Å²) in [5.41, 5.74) is 10.4. The number of aromatic nitrogens is 3. The third kappa shape index (κ3) is 4.89. The van der Waals surface area contributed by atoms with Crippen LogP contribution in [0.5, 0.6) is 0 Å². The van der Waals surface area contributed by atoms with Gasteiger partial charge in [-0.05, 0) is 49.3 Å². The molecule has 1 aliphatic rings. The van der Waals surface area contributed by atoms with Gasteiger partial charge in [0.15, 0.2) is 5.65 Å². The summed E-state index contributed by atoms with van der Waals surface area (Å²) < 4.78 is 1.88. The molecule has 2 unspecified atom stereocenters. The minimum atomic E-state index is 0.0193. The molecule has 3 aromatic heterocycles. The summed E-state index contributed by atoms with van der Waals surface area (Å²) in [5.74, 6) is 0.0193. The first-order chi connectivity index (χ1) is 16.6. The van der Waals surface area contributed by atoms with Crippen LogP contribution in [0, 0.1) is 6.92 Å². The van der Waals surface area contributed by atoms with Crippen LogP contribution in [0.3, 0.4) is 0 Å². The Hall–Kier alpha value is -3.07. The normalized spacial score (nSPS) is 17.9. The van der Waals surface area contributed by atoms with Crippen molar-refractivity contribution in [1.82, 2.24) is 30.5 Å². The molecule has 176 valence electrons. The molecule has 7 nitrogen and oxygen atoms in total. The lowest BCUT2D eigenvalue weighted by Gasteiger charge is -2.19. The second-order valence-corrected chi connectivity index (χ2v) is 10.0. The Balaban J connectivity index is 1.20. The Labute approximate surface area is 203 Å². The SMILES string of the molecule is Cc1cc(C(=O)N(C)CCCC2CC(c3ccccc3)NN2)c2cnn(Cc3cccs3)c2n1. The summed E-state index contributed by atoms with van der Waals surface area (Å²) in [6.07, 6.45) is 4.77. The zero-order valence-electron chi connectivity index (χ0n) is 19.6. The number of carbonyl (C=O) groups is 1. The Morgan fingerprint density at radius 3 is 2.85 bits per heavy atom. The van der Waals surface area contributed by atoms with Gasteiger partial charge >= 0.3 is 0 Å². The van der Waals surface area contributed by atoms with Crippen molar-refractivity contribution in [3.05, 3.63) is 81.8 Å². The number of thiophene rings is 1. The van der Waals surface area contributed by atoms with Crippen molar-refractivity contribution < 1.29 is 4.79 Å². The molecule has 1 fully saturated rings. The van der Waals surface area contributed by atoms with E-state index in [9.17, 15) is 4.79 Å². The highest BCUT2D eigenvalue weighted by Gasteiger charge is 2.25. The fraction of sp³-hybridized carbons (Fsp3) is 0.346. The van der Waals surface area contributed by atoms with Gasteiger partial charge in [0.25, 0.3) is 5.91 Å². The quantitative estimate of drug-likeness (QED) is 0.398. The third-order valence-electron chi connectivity index (χ3n) is 6.43. The zero-order valence-corrected chi connectivity index (χ0v) is 20.4. The van der Waals surface area contributed by atoms with Crippen molar-refractivity contribution in [2.45, 2.75) is 44.8 Å². The lowest BCUT2D eigenvalue weighted by Crippen LogP contribution is -2.32. The lowest BCUT2D eigenvalue weighted by molar-refractivity contribution is 0.0793. The van der Waals surface area contributed by atoms with E-state index in [1.807, 2.05) is 41.8 Å². The van der Waals surface area contributed by atoms with E-state index in [0.717, 1.165) is 36.0 Å². The molecule has 1 amide bonds. The standard InChI is InChI=1S/C26H30N6OS/c1-18-14-22(23-16-27-32(25(23)28-18)17-21-11-7-13-34-21)26(33)31(2)12-6-10-20-15-24(30-29-20)19-8-4-3-5-9-19/h3-5,7-9,11,13-14,16,20,24,29-30H,6,10,12,15,17H2,1-2H3. The first kappa shape index (κ1) is 22.7. The van der Waals surface area contributed by atoms with Crippen molar-refractivity contribution >= 4 is 28.3 Å². The number of carbonyl (C=O) groups excluding carboxylic acids is 1. The average Bonchev–Trinajstić information content (AvgIpc) is 3.61. The predicted molar refractivity (Wildman–Crippen MR) is 136 cm³/mol. The van der Waals surface area contributed by atoms with Gasteiger partial charge in [-0.1, -0.05) is 36.4 Å². The van der Waals surface area contributed by atoms with Gasteiger partial charge in [0.2, 0.25) is 0 Å². The summed E-state index contributed by atoms with van der Waals surface area (Å²) in [7, 11) is 1.88. The number of rotatable bonds is 8. The summed E-state index contributed by atoms with van der Waals surface area (Å²) in [5, 5.41) is 7.40. The maximum absolute atomic E-state index is 13.3. The molecule has 2 N–H and O–H groups in total. The van der Waals surface area contributed by atoms with Crippen molar-refractivity contribution in [2.24, 2.45) is 0 Å². The van der Waals surface area contributed by atoms with E-state index in [-0.39, 0.29) is 5.91 Å². The van der Waals surface area contributed by atoms with Gasteiger partial charge in [-0.15, -0.1) is 11.3 Å². The van der Waals surface area contributed by atoms with E-state index in [0.29, 0.717) is 30.7 Å². The van der Waals surface area contributed by atoms with Gasteiger partial charge in [0, 0.05) is 36.2 Å². The maximum Gasteiger partial charge on any atom is 0.254 e. The molecular formula is C26H30N6OS. The van der Waals surface area contributed by atoms with Crippen LogP contribution in [0.15, 0.2) is 60.1 Å². The number of fused-ring (bicyclic) bond motifs is 1. The molecule has 0 bridgehead atoms. The first-order valence-electron chi connectivity index (χ1n) is 11.8. The van der Waals surface area contributed by atoms with E-state index in [1.54, 1.807) is 17.5 Å². The monoisotopic (exact) mass is 474 g/mol. The van der Waals surface area contributed by atoms with Crippen LogP contribution in [-0.4, -0.2) is 45.2 Å². The smallest absolute Gasteiger partial charge is 0.254 e. The van der Waals surface area contributed by atoms with Gasteiger partial charge in [-0.3, -0.25) is 15.6 Å². The summed E-state index contributed by atoms with van der Waals surface area (Å²) in [6, 6.07) is 17.3. The van der Waals surface area contributed by atoms with Crippen molar-refractivity contribution in [1.29, 1.82) is 0 Å². The molecule has 0 spiro atoms. The minimum absolute atomic E-state index is 0.0193. The third-order valence-corrected chi connectivity index (χ3v) is 7.29. The highest BCUT2D eigenvalue weighted by Crippen LogP contribution is 2.25. The number of amides is 1. The molecule has 0 radical (unpaired) electrons. The second kappa shape index (κ2) is 10.0. The molecule has 0 aliphatic carbocycles. The summed E-state index contributed by atoms with van der Waals surface area (Å²) >= 11 is 1.69. The number of benzene rings is 1. The van der Waals surface area contributed by atoms with Crippen LogP contribution in [0.1, 0.15) is 51.8 Å². The molecule has 8 heteroatoms. The molecule has 4 aromatic rings. The Morgan fingerprint density at radius 2 is 2.06 bits per heavy atom. The van der Waals surface area contributed by atoms with E-state index in [1.165, 1.54) is 10.4 Å². The van der Waals surface area contributed by atoms with Crippen molar-refractivity contribution in [3.63, 3.8) is 0 Å². The van der Waals surface area contributed by atoms with Gasteiger partial charge in [-0.25, -0.2) is 9.67 Å². The van der Waals surface area contributed by atoms with E-state index in [4.69, 9.17) is 0 Å². The first-order valence-corrected chi connectivity index (χ1v) is 12.6. The van der Waals surface area contributed by atoms with Crippen LogP contribution >= 0.6 is 11.3 Å². The fourth-order valence-electron chi connectivity index (χ4n) is 4.61. The van der Waals surface area contributed by atoms with Gasteiger partial charge < -0.3 is 4.90 Å². The number of nitrogens with one attached hydrogen (secondary N) is 2. The number of pyridine rings is 1. The predicted octanol–water partition coefficient (Wildman–Crippen LogP) is 4.31. The van der Waals surface area contributed by atoms with Crippen molar-refractivity contribution in [2.75, 3.05) is 13.6 Å². The number of hydrazine groups is 1. The van der Waals surface area contributed by atoms with Gasteiger partial charge in [-0.2, -0.15) is 5.10 Å². The minimum Gasteiger partial charge on any atom is -0.342 e. The Bertz CT molecular complexity index is 1250. The fourth-order valence-corrected chi connectivity index (χ4v) is 5.30. The van der Waals surface area contributed by atoms with E-state index < -0.39 is 0 Å². The van der Waals surface area contributed by atoms with Crippen LogP contribution in [0.25, 0.3) is 11.0 Å². The molecule has 4 heterocycles. The van der Waals surface area contributed by atoms with Gasteiger partial charge in [0.1, 0.15) is 0 Å². The number of nitrogens with zero attached hydrogens (tertiary/aromatic N) is 4. The second-order valence-electron chi connectivity index (χ2n) is 8.98. The van der Waals surface area contributed by atoms with Crippen LogP contribution in [0.4, 0.5) is 0 Å². The number of hydrogen-bond donors (Lipinski definition) is 2. The zero-order chi connectivity index (χ0) is 23.5. The molecule has 5 rings (SSSR count). The largest absolute Gasteiger partial charge is 0.342 e. The topological polar surface area (TPSA) is 75.1 Å². The van der Waals surface area contributed by atoms with E-state index >= 15 is 0 Å². The Kier molecular flexibility index (Phi) is 6.71. The summed E-state index contributed by atoms with van der Waals surface area (Å²) in [4.78, 5) is 21.1. The molecule has 1 aromatic carbocycles. The Morgan fingerprint density at radius 1 is 1.21 bits per heavy atom. The molecule has 2 atom stereocenters. The van der Waals surface area contributed by atoms with Crippen LogP contribution in [0.2, 0.25) is 0 Å². The number of hydrogen-bond acceptors (Lipinski definition) is 6. The highest BCUT2D eigenvalue weighted by molar-refractivity contribution is 7.09. The average molecular weight is 475 g/mol. The molecule has 34 heavy (non-hydrogen) atoms. The van der Waals surface area contributed by atoms with Crippen molar-refractivity contribution in [3.8, 4) is 0 Å². The molecule has 0 saturated carbocycles. The summed E-state index contributed by atoms with van der Waals surface area (Å²) in [6.45, 7) is 3.30. The molecular weight excluding hydrogens is 444 g/mol. The lowest BCUT2D eigenvalue weighted by atomic mass is 10.00.